The average Bonchev–Trinajstić information content (AvgIpc) is 2.41. The van der Waals surface area contributed by atoms with Crippen molar-refractivity contribution >= 4 is 16.7 Å². The maximum Gasteiger partial charge on any atom is 0.270 e. The third kappa shape index (κ3) is 2.46. The van der Waals surface area contributed by atoms with E-state index in [0.29, 0.717) is 17.6 Å². The lowest BCUT2D eigenvalue weighted by molar-refractivity contribution is 0.0815. The van der Waals surface area contributed by atoms with Gasteiger partial charge in [0.1, 0.15) is 5.69 Å². The highest BCUT2D eigenvalue weighted by molar-refractivity contribution is 5.96. The summed E-state index contributed by atoms with van der Waals surface area (Å²) < 4.78 is 1.59. The van der Waals surface area contributed by atoms with Crippen LogP contribution in [0.2, 0.25) is 0 Å². The smallest absolute Gasteiger partial charge is 0.270 e. The molecule has 0 unspecified atom stereocenters. The van der Waals surface area contributed by atoms with Crippen LogP contribution in [0.5, 0.6) is 0 Å². The topological polar surface area (TPSA) is 42.3 Å². The molecule has 4 heteroatoms. The molecule has 0 atom stereocenters. The lowest BCUT2D eigenvalue weighted by Gasteiger charge is -2.17. The lowest BCUT2D eigenvalue weighted by Crippen LogP contribution is -2.31. The van der Waals surface area contributed by atoms with Gasteiger partial charge in [0.25, 0.3) is 11.5 Å². The fraction of sp³-hybridized carbons (Fsp3) is 0.375. The first kappa shape index (κ1) is 14.3. The summed E-state index contributed by atoms with van der Waals surface area (Å²) in [5.74, 6) is -0.141. The maximum atomic E-state index is 12.6. The number of carbonyl (C=O) groups is 1. The number of benzene rings is 1. The van der Waals surface area contributed by atoms with E-state index >= 15 is 0 Å². The molecule has 1 amide bonds. The quantitative estimate of drug-likeness (QED) is 0.861. The second-order valence-corrected chi connectivity index (χ2v) is 5.28. The van der Waals surface area contributed by atoms with Gasteiger partial charge in [0, 0.05) is 26.0 Å². The van der Waals surface area contributed by atoms with Crippen LogP contribution in [0.1, 0.15) is 29.4 Å². The molecule has 0 aliphatic heterocycles. The van der Waals surface area contributed by atoms with E-state index in [1.165, 1.54) is 4.90 Å². The molecule has 20 heavy (non-hydrogen) atoms. The Balaban J connectivity index is 2.80. The second kappa shape index (κ2) is 5.49. The summed E-state index contributed by atoms with van der Waals surface area (Å²) in [5, 5.41) is 1.49. The molecule has 0 fully saturated rings. The minimum Gasteiger partial charge on any atom is -0.343 e. The van der Waals surface area contributed by atoms with Gasteiger partial charge in [0.2, 0.25) is 0 Å². The van der Waals surface area contributed by atoms with Crippen molar-refractivity contribution in [1.29, 1.82) is 0 Å². The molecule has 0 aliphatic carbocycles. The average molecular weight is 272 g/mol. The van der Waals surface area contributed by atoms with Gasteiger partial charge >= 0.3 is 0 Å². The first-order valence-electron chi connectivity index (χ1n) is 6.81. The van der Waals surface area contributed by atoms with Crippen molar-refractivity contribution in [2.45, 2.75) is 26.8 Å². The number of aryl methyl sites for hydroxylation is 1. The minimum atomic E-state index is -0.141. The van der Waals surface area contributed by atoms with Gasteiger partial charge in [-0.25, -0.2) is 0 Å². The molecule has 1 heterocycles. The highest BCUT2D eigenvalue weighted by Gasteiger charge is 2.16. The Morgan fingerprint density at radius 2 is 1.95 bits per heavy atom. The zero-order chi connectivity index (χ0) is 14.9. The number of aromatic nitrogens is 1. The van der Waals surface area contributed by atoms with Gasteiger partial charge in [0.05, 0.1) is 0 Å². The minimum absolute atomic E-state index is 0.0850. The number of hydrogen-bond acceptors (Lipinski definition) is 2. The Kier molecular flexibility index (Phi) is 3.93. The molecule has 106 valence electrons. The lowest BCUT2D eigenvalue weighted by atomic mass is 10.1. The highest BCUT2D eigenvalue weighted by Crippen LogP contribution is 2.15. The standard InChI is InChI=1S/C16H20N2O2/c1-5-8-18-14(16(20)17(3)4)10-12-7-6-11(2)9-13(12)15(18)19/h6-7,9-10H,5,8H2,1-4H3. The van der Waals surface area contributed by atoms with Gasteiger partial charge in [-0.15, -0.1) is 0 Å². The van der Waals surface area contributed by atoms with Gasteiger partial charge in [-0.1, -0.05) is 24.6 Å². The van der Waals surface area contributed by atoms with Crippen LogP contribution >= 0.6 is 0 Å². The van der Waals surface area contributed by atoms with Crippen LogP contribution < -0.4 is 5.56 Å². The SMILES string of the molecule is CCCn1c(C(=O)N(C)C)cc2ccc(C)cc2c1=O. The highest BCUT2D eigenvalue weighted by atomic mass is 16.2. The van der Waals surface area contributed by atoms with Crippen molar-refractivity contribution in [1.82, 2.24) is 9.47 Å². The van der Waals surface area contributed by atoms with Crippen LogP contribution in [0.3, 0.4) is 0 Å². The van der Waals surface area contributed by atoms with Crippen molar-refractivity contribution in [2.24, 2.45) is 0 Å². The van der Waals surface area contributed by atoms with Gasteiger partial charge in [0.15, 0.2) is 0 Å². The summed E-state index contributed by atoms with van der Waals surface area (Å²) in [7, 11) is 3.39. The van der Waals surface area contributed by atoms with Gasteiger partial charge < -0.3 is 9.47 Å². The molecular weight excluding hydrogens is 252 g/mol. The normalized spacial score (nSPS) is 10.8. The molecule has 0 aliphatic rings. The molecule has 2 rings (SSSR count). The van der Waals surface area contributed by atoms with Gasteiger partial charge in [-0.05, 0) is 30.9 Å². The Morgan fingerprint density at radius 1 is 1.25 bits per heavy atom. The van der Waals surface area contributed by atoms with Crippen LogP contribution in [-0.4, -0.2) is 29.5 Å². The van der Waals surface area contributed by atoms with E-state index in [1.807, 2.05) is 38.1 Å². The van der Waals surface area contributed by atoms with E-state index in [4.69, 9.17) is 0 Å². The Morgan fingerprint density at radius 3 is 2.55 bits per heavy atom. The van der Waals surface area contributed by atoms with E-state index in [1.54, 1.807) is 18.7 Å². The van der Waals surface area contributed by atoms with Crippen LogP contribution in [0.4, 0.5) is 0 Å². The predicted molar refractivity (Wildman–Crippen MR) is 81.3 cm³/mol. The number of hydrogen-bond donors (Lipinski definition) is 0. The molecule has 0 N–H and O–H groups in total. The number of rotatable bonds is 3. The summed E-state index contributed by atoms with van der Waals surface area (Å²) in [6.07, 6.45) is 0.810. The van der Waals surface area contributed by atoms with Gasteiger partial charge in [-0.2, -0.15) is 0 Å². The second-order valence-electron chi connectivity index (χ2n) is 5.28. The predicted octanol–water partition coefficient (Wildman–Crippen LogP) is 2.42. The molecule has 0 bridgehead atoms. The van der Waals surface area contributed by atoms with Crippen molar-refractivity contribution in [3.05, 3.63) is 45.9 Å². The molecule has 1 aromatic heterocycles. The van der Waals surface area contributed by atoms with Crippen LogP contribution in [0.25, 0.3) is 10.8 Å². The van der Waals surface area contributed by atoms with Crippen LogP contribution in [0.15, 0.2) is 29.1 Å². The summed E-state index contributed by atoms with van der Waals surface area (Å²) >= 11 is 0. The Hall–Kier alpha value is -2.10. The first-order chi connectivity index (χ1) is 9.45. The molecular formula is C16H20N2O2. The molecule has 2 aromatic rings. The fourth-order valence-corrected chi connectivity index (χ4v) is 2.31. The van der Waals surface area contributed by atoms with E-state index in [0.717, 1.165) is 17.4 Å². The molecule has 0 radical (unpaired) electrons. The fourth-order valence-electron chi connectivity index (χ4n) is 2.31. The summed E-state index contributed by atoms with van der Waals surface area (Å²) in [6, 6.07) is 7.55. The van der Waals surface area contributed by atoms with Crippen LogP contribution in [0, 0.1) is 6.92 Å². The first-order valence-corrected chi connectivity index (χ1v) is 6.81. The van der Waals surface area contributed by atoms with Crippen molar-refractivity contribution in [2.75, 3.05) is 14.1 Å². The van der Waals surface area contributed by atoms with Crippen LogP contribution in [-0.2, 0) is 6.54 Å². The molecule has 0 spiro atoms. The molecule has 1 aromatic carbocycles. The van der Waals surface area contributed by atoms with E-state index < -0.39 is 0 Å². The third-order valence-corrected chi connectivity index (χ3v) is 3.34. The monoisotopic (exact) mass is 272 g/mol. The largest absolute Gasteiger partial charge is 0.343 e. The Bertz CT molecular complexity index is 714. The zero-order valence-electron chi connectivity index (χ0n) is 12.4. The van der Waals surface area contributed by atoms with Crippen molar-refractivity contribution < 1.29 is 4.79 Å². The van der Waals surface area contributed by atoms with E-state index in [9.17, 15) is 9.59 Å². The number of fused-ring (bicyclic) bond motifs is 1. The van der Waals surface area contributed by atoms with Gasteiger partial charge in [-0.3, -0.25) is 9.59 Å². The van der Waals surface area contributed by atoms with E-state index in [2.05, 4.69) is 0 Å². The molecule has 0 saturated heterocycles. The summed E-state index contributed by atoms with van der Waals surface area (Å²) in [6.45, 7) is 4.51. The van der Waals surface area contributed by atoms with Crippen molar-refractivity contribution in [3.8, 4) is 0 Å². The number of pyridine rings is 1. The number of amides is 1. The number of carbonyl (C=O) groups excluding carboxylic acids is 1. The summed E-state index contributed by atoms with van der Waals surface area (Å²) in [5.41, 5.74) is 1.42. The summed E-state index contributed by atoms with van der Waals surface area (Å²) in [4.78, 5) is 26.4. The van der Waals surface area contributed by atoms with E-state index in [-0.39, 0.29) is 11.5 Å². The molecule has 0 saturated carbocycles. The van der Waals surface area contributed by atoms with Crippen molar-refractivity contribution in [3.63, 3.8) is 0 Å². The zero-order valence-corrected chi connectivity index (χ0v) is 12.4. The Labute approximate surface area is 118 Å². The third-order valence-electron chi connectivity index (χ3n) is 3.34. The molecule has 4 nitrogen and oxygen atoms in total. The number of nitrogens with zero attached hydrogens (tertiary/aromatic N) is 2. The maximum absolute atomic E-state index is 12.6.